The second-order valence-corrected chi connectivity index (χ2v) is 6.92. The van der Waals surface area contributed by atoms with Gasteiger partial charge in [0.05, 0.1) is 11.9 Å². The summed E-state index contributed by atoms with van der Waals surface area (Å²) in [5.74, 6) is 0. The first kappa shape index (κ1) is 16.3. The summed E-state index contributed by atoms with van der Waals surface area (Å²) in [7, 11) is -0.135. The Morgan fingerprint density at radius 1 is 1.10 bits per heavy atom. The highest BCUT2D eigenvalue weighted by atomic mass is 32.2. The molecule has 0 saturated carbocycles. The molecule has 0 radical (unpaired) electrons. The van der Waals surface area contributed by atoms with Crippen molar-refractivity contribution in [2.45, 2.75) is 19.9 Å². The van der Waals surface area contributed by atoms with E-state index in [9.17, 15) is 13.2 Å². The van der Waals surface area contributed by atoms with Crippen LogP contribution in [-0.2, 0) is 10.0 Å². The van der Waals surface area contributed by atoms with Crippen molar-refractivity contribution in [1.29, 1.82) is 0 Å². The fraction of sp³-hybridized carbons (Fsp3) is 0.462. The van der Waals surface area contributed by atoms with Gasteiger partial charge in [-0.3, -0.25) is 9.21 Å². The lowest BCUT2D eigenvalue weighted by Gasteiger charge is -2.21. The Labute approximate surface area is 120 Å². The fourth-order valence-electron chi connectivity index (χ4n) is 1.54. The summed E-state index contributed by atoms with van der Waals surface area (Å²) in [6.45, 7) is 3.77. The minimum absolute atomic E-state index is 0.0561. The molecule has 0 aliphatic carbocycles. The number of benzene rings is 1. The normalized spacial score (nSPS) is 11.3. The zero-order valence-electron chi connectivity index (χ0n) is 12.4. The highest BCUT2D eigenvalue weighted by Gasteiger charge is 2.14. The van der Waals surface area contributed by atoms with E-state index in [-0.39, 0.29) is 12.1 Å². The Hall–Kier alpha value is -1.76. The van der Waals surface area contributed by atoms with Crippen LogP contribution in [0.1, 0.15) is 13.8 Å². The molecule has 6 nitrogen and oxygen atoms in total. The summed E-state index contributed by atoms with van der Waals surface area (Å²) in [6, 6.07) is 6.59. The molecule has 0 heterocycles. The number of urea groups is 1. The van der Waals surface area contributed by atoms with Crippen molar-refractivity contribution in [2.75, 3.05) is 29.6 Å². The molecule has 0 spiro atoms. The molecule has 7 heteroatoms. The quantitative estimate of drug-likeness (QED) is 0.919. The van der Waals surface area contributed by atoms with Crippen molar-refractivity contribution in [3.63, 3.8) is 0 Å². The lowest BCUT2D eigenvalue weighted by atomic mass is 10.2. The van der Waals surface area contributed by atoms with E-state index in [0.29, 0.717) is 11.4 Å². The Kier molecular flexibility index (Phi) is 4.99. The maximum atomic E-state index is 11.8. The van der Waals surface area contributed by atoms with Crippen LogP contribution in [0, 0.1) is 0 Å². The molecule has 0 atom stereocenters. The van der Waals surface area contributed by atoms with Gasteiger partial charge in [-0.05, 0) is 38.1 Å². The van der Waals surface area contributed by atoms with E-state index in [1.165, 1.54) is 16.3 Å². The molecular weight excluding hydrogens is 278 g/mol. The lowest BCUT2D eigenvalue weighted by Crippen LogP contribution is -2.40. The molecule has 0 aliphatic rings. The SMILES string of the molecule is CC(C)NC(=O)N(C)c1ccc(N(C)S(C)(=O)=O)cc1. The molecule has 20 heavy (non-hydrogen) atoms. The van der Waals surface area contributed by atoms with Crippen molar-refractivity contribution in [3.05, 3.63) is 24.3 Å². The summed E-state index contributed by atoms with van der Waals surface area (Å²) in [6.07, 6.45) is 1.14. The summed E-state index contributed by atoms with van der Waals surface area (Å²) >= 11 is 0. The van der Waals surface area contributed by atoms with Gasteiger partial charge in [-0.2, -0.15) is 0 Å². The zero-order valence-corrected chi connectivity index (χ0v) is 13.2. The number of hydrogen-bond acceptors (Lipinski definition) is 3. The first-order valence-corrected chi connectivity index (χ1v) is 8.06. The minimum Gasteiger partial charge on any atom is -0.336 e. The van der Waals surface area contributed by atoms with Gasteiger partial charge in [-0.1, -0.05) is 0 Å². The van der Waals surface area contributed by atoms with Gasteiger partial charge >= 0.3 is 6.03 Å². The zero-order chi connectivity index (χ0) is 15.5. The van der Waals surface area contributed by atoms with Gasteiger partial charge in [0.2, 0.25) is 10.0 Å². The third kappa shape index (κ3) is 4.12. The molecule has 0 aromatic heterocycles. The molecule has 1 aromatic carbocycles. The van der Waals surface area contributed by atoms with E-state index in [1.807, 2.05) is 13.8 Å². The number of carbonyl (C=O) groups excluding carboxylic acids is 1. The van der Waals surface area contributed by atoms with Gasteiger partial charge in [0.1, 0.15) is 0 Å². The van der Waals surface area contributed by atoms with Gasteiger partial charge in [-0.15, -0.1) is 0 Å². The van der Waals surface area contributed by atoms with Crippen molar-refractivity contribution in [2.24, 2.45) is 0 Å². The Bertz CT molecular complexity index is 567. The molecule has 112 valence electrons. The van der Waals surface area contributed by atoms with Gasteiger partial charge in [0, 0.05) is 25.8 Å². The van der Waals surface area contributed by atoms with Crippen LogP contribution in [0.2, 0.25) is 0 Å². The van der Waals surface area contributed by atoms with E-state index in [0.717, 1.165) is 6.26 Å². The predicted molar refractivity (Wildman–Crippen MR) is 81.8 cm³/mol. The Morgan fingerprint density at radius 2 is 1.55 bits per heavy atom. The summed E-state index contributed by atoms with van der Waals surface area (Å²) in [5.41, 5.74) is 1.24. The largest absolute Gasteiger partial charge is 0.336 e. The average molecular weight is 299 g/mol. The van der Waals surface area contributed by atoms with Crippen LogP contribution >= 0.6 is 0 Å². The Balaban J connectivity index is 2.89. The van der Waals surface area contributed by atoms with Gasteiger partial charge in [0.15, 0.2) is 0 Å². The molecule has 0 fully saturated rings. The van der Waals surface area contributed by atoms with Crippen LogP contribution in [0.3, 0.4) is 0 Å². The van der Waals surface area contributed by atoms with Crippen molar-refractivity contribution < 1.29 is 13.2 Å². The van der Waals surface area contributed by atoms with Crippen LogP contribution in [0.4, 0.5) is 16.2 Å². The minimum atomic E-state index is -3.28. The first-order chi connectivity index (χ1) is 9.12. The number of carbonyl (C=O) groups is 1. The van der Waals surface area contributed by atoms with Crippen LogP contribution in [0.5, 0.6) is 0 Å². The molecule has 0 unspecified atom stereocenters. The van der Waals surface area contributed by atoms with Gasteiger partial charge < -0.3 is 5.32 Å². The van der Waals surface area contributed by atoms with E-state index in [1.54, 1.807) is 31.3 Å². The standard InChI is InChI=1S/C13H21N3O3S/c1-10(2)14-13(17)15(3)11-6-8-12(9-7-11)16(4)20(5,18)19/h6-10H,1-5H3,(H,14,17). The van der Waals surface area contributed by atoms with Crippen LogP contribution in [0.25, 0.3) is 0 Å². The number of sulfonamides is 1. The van der Waals surface area contributed by atoms with E-state index >= 15 is 0 Å². The second kappa shape index (κ2) is 6.13. The number of amides is 2. The third-order valence-corrected chi connectivity index (χ3v) is 4.02. The number of anilines is 2. The van der Waals surface area contributed by atoms with Crippen molar-refractivity contribution in [3.8, 4) is 0 Å². The maximum Gasteiger partial charge on any atom is 0.321 e. The smallest absolute Gasteiger partial charge is 0.321 e. The lowest BCUT2D eigenvalue weighted by molar-refractivity contribution is 0.245. The topological polar surface area (TPSA) is 69.7 Å². The molecule has 1 N–H and O–H groups in total. The molecule has 0 saturated heterocycles. The monoisotopic (exact) mass is 299 g/mol. The first-order valence-electron chi connectivity index (χ1n) is 6.21. The van der Waals surface area contributed by atoms with Gasteiger partial charge in [0.25, 0.3) is 0 Å². The summed E-state index contributed by atoms with van der Waals surface area (Å²) in [4.78, 5) is 13.3. The van der Waals surface area contributed by atoms with Gasteiger partial charge in [-0.25, -0.2) is 13.2 Å². The van der Waals surface area contributed by atoms with Crippen molar-refractivity contribution in [1.82, 2.24) is 5.32 Å². The van der Waals surface area contributed by atoms with E-state index in [2.05, 4.69) is 5.32 Å². The third-order valence-electron chi connectivity index (χ3n) is 2.81. The van der Waals surface area contributed by atoms with E-state index < -0.39 is 10.0 Å². The molecule has 0 bridgehead atoms. The van der Waals surface area contributed by atoms with Crippen molar-refractivity contribution >= 4 is 27.4 Å². The predicted octanol–water partition coefficient (Wildman–Crippen LogP) is 1.64. The number of nitrogens with zero attached hydrogens (tertiary/aromatic N) is 2. The highest BCUT2D eigenvalue weighted by Crippen LogP contribution is 2.20. The molecule has 1 aromatic rings. The molecule has 1 rings (SSSR count). The highest BCUT2D eigenvalue weighted by molar-refractivity contribution is 7.92. The second-order valence-electron chi connectivity index (χ2n) is 4.91. The van der Waals surface area contributed by atoms with E-state index in [4.69, 9.17) is 0 Å². The number of rotatable bonds is 4. The van der Waals surface area contributed by atoms with Crippen LogP contribution in [0.15, 0.2) is 24.3 Å². The van der Waals surface area contributed by atoms with Crippen LogP contribution in [-0.4, -0.2) is 40.8 Å². The number of hydrogen-bond donors (Lipinski definition) is 1. The molecule has 0 aliphatic heterocycles. The fourth-order valence-corrected chi connectivity index (χ4v) is 2.04. The van der Waals surface area contributed by atoms with Crippen LogP contribution < -0.4 is 14.5 Å². The molecular formula is C13H21N3O3S. The summed E-state index contributed by atoms with van der Waals surface area (Å²) < 4.78 is 24.0. The Morgan fingerprint density at radius 3 is 1.95 bits per heavy atom. The number of nitrogens with one attached hydrogen (secondary N) is 1. The summed E-state index contributed by atoms with van der Waals surface area (Å²) in [5, 5.41) is 2.78. The molecule has 2 amide bonds. The average Bonchev–Trinajstić information content (AvgIpc) is 2.35. The maximum absolute atomic E-state index is 11.8.